The van der Waals surface area contributed by atoms with Gasteiger partial charge in [0.15, 0.2) is 0 Å². The van der Waals surface area contributed by atoms with E-state index in [9.17, 15) is 0 Å². The first-order valence-electron chi connectivity index (χ1n) is 5.00. The van der Waals surface area contributed by atoms with Crippen molar-refractivity contribution in [2.24, 2.45) is 0 Å². The molecule has 0 unspecified atom stereocenters. The van der Waals surface area contributed by atoms with Gasteiger partial charge in [-0.15, -0.1) is 0 Å². The van der Waals surface area contributed by atoms with E-state index in [2.05, 4.69) is 47.2 Å². The van der Waals surface area contributed by atoms with Crippen molar-refractivity contribution in [2.45, 2.75) is 18.3 Å². The second kappa shape index (κ2) is 2.96. The summed E-state index contributed by atoms with van der Waals surface area (Å²) in [5, 5.41) is 4.47. The smallest absolute Gasteiger partial charge is 0.0212 e. The van der Waals surface area contributed by atoms with Crippen LogP contribution >= 0.6 is 11.3 Å². The summed E-state index contributed by atoms with van der Waals surface area (Å²) < 4.78 is 0. The highest BCUT2D eigenvalue weighted by atomic mass is 32.1. The maximum Gasteiger partial charge on any atom is 0.0212 e. The number of benzene rings is 1. The zero-order chi connectivity index (χ0) is 9.43. The van der Waals surface area contributed by atoms with Gasteiger partial charge in [-0.2, -0.15) is 11.3 Å². The van der Waals surface area contributed by atoms with Crippen molar-refractivity contribution >= 4 is 11.3 Å². The van der Waals surface area contributed by atoms with Crippen LogP contribution in [-0.2, 0) is 5.41 Å². The normalized spacial score (nSPS) is 18.0. The third kappa shape index (κ3) is 1.12. The van der Waals surface area contributed by atoms with E-state index in [1.165, 1.54) is 24.0 Å². The van der Waals surface area contributed by atoms with E-state index in [1.807, 2.05) is 0 Å². The standard InChI is InChI=1S/C13H12S/c1-2-4-11(5-3-1)13(7-8-13)12-6-9-14-10-12/h1-6,9-10H,7-8H2. The molecule has 2 aromatic rings. The molecule has 0 nitrogen and oxygen atoms in total. The summed E-state index contributed by atoms with van der Waals surface area (Å²) in [5.41, 5.74) is 3.37. The topological polar surface area (TPSA) is 0 Å². The van der Waals surface area contributed by atoms with Crippen molar-refractivity contribution in [3.63, 3.8) is 0 Å². The van der Waals surface area contributed by atoms with E-state index in [1.54, 1.807) is 11.3 Å². The minimum atomic E-state index is 0.376. The van der Waals surface area contributed by atoms with Crippen LogP contribution in [0, 0.1) is 0 Å². The van der Waals surface area contributed by atoms with Gasteiger partial charge in [0.25, 0.3) is 0 Å². The summed E-state index contributed by atoms with van der Waals surface area (Å²) in [4.78, 5) is 0. The fraction of sp³-hybridized carbons (Fsp3) is 0.231. The Balaban J connectivity index is 2.07. The van der Waals surface area contributed by atoms with Crippen LogP contribution in [0.15, 0.2) is 47.2 Å². The SMILES string of the molecule is c1ccc(C2(c3ccsc3)CC2)cc1. The molecule has 0 spiro atoms. The molecule has 0 radical (unpaired) electrons. The van der Waals surface area contributed by atoms with Gasteiger partial charge in [0.05, 0.1) is 0 Å². The first-order valence-corrected chi connectivity index (χ1v) is 5.94. The number of hydrogen-bond donors (Lipinski definition) is 0. The molecule has 1 aromatic carbocycles. The van der Waals surface area contributed by atoms with E-state index in [4.69, 9.17) is 0 Å². The highest BCUT2D eigenvalue weighted by molar-refractivity contribution is 7.08. The lowest BCUT2D eigenvalue weighted by atomic mass is 9.90. The first kappa shape index (κ1) is 8.25. The van der Waals surface area contributed by atoms with Gasteiger partial charge in [-0.3, -0.25) is 0 Å². The van der Waals surface area contributed by atoms with Crippen LogP contribution in [-0.4, -0.2) is 0 Å². The molecule has 1 heterocycles. The monoisotopic (exact) mass is 200 g/mol. The number of thiophene rings is 1. The van der Waals surface area contributed by atoms with Gasteiger partial charge in [0.1, 0.15) is 0 Å². The minimum absolute atomic E-state index is 0.376. The molecular formula is C13H12S. The van der Waals surface area contributed by atoms with E-state index >= 15 is 0 Å². The van der Waals surface area contributed by atoms with E-state index in [-0.39, 0.29) is 0 Å². The molecule has 1 aromatic heterocycles. The maximum absolute atomic E-state index is 2.29. The molecule has 70 valence electrons. The zero-order valence-electron chi connectivity index (χ0n) is 7.94. The van der Waals surface area contributed by atoms with Crippen LogP contribution in [0.3, 0.4) is 0 Å². The van der Waals surface area contributed by atoms with Crippen LogP contribution in [0.4, 0.5) is 0 Å². The van der Waals surface area contributed by atoms with Crippen LogP contribution in [0.25, 0.3) is 0 Å². The van der Waals surface area contributed by atoms with Crippen molar-refractivity contribution in [3.8, 4) is 0 Å². The maximum atomic E-state index is 2.29. The average Bonchev–Trinajstić information content (AvgIpc) is 2.88. The Bertz CT molecular complexity index is 410. The summed E-state index contributed by atoms with van der Waals surface area (Å²) in [7, 11) is 0. The average molecular weight is 200 g/mol. The quantitative estimate of drug-likeness (QED) is 0.691. The molecule has 1 heteroatoms. The summed E-state index contributed by atoms with van der Waals surface area (Å²) in [6, 6.07) is 13.1. The van der Waals surface area contributed by atoms with Gasteiger partial charge in [-0.25, -0.2) is 0 Å². The third-order valence-electron chi connectivity index (χ3n) is 3.15. The Morgan fingerprint density at radius 1 is 0.929 bits per heavy atom. The van der Waals surface area contributed by atoms with Crippen LogP contribution < -0.4 is 0 Å². The molecule has 1 fully saturated rings. The molecule has 1 aliphatic rings. The van der Waals surface area contributed by atoms with Gasteiger partial charge in [-0.05, 0) is 40.8 Å². The van der Waals surface area contributed by atoms with Crippen LogP contribution in [0.1, 0.15) is 24.0 Å². The summed E-state index contributed by atoms with van der Waals surface area (Å²) in [5.74, 6) is 0. The molecule has 0 N–H and O–H groups in total. The van der Waals surface area contributed by atoms with Gasteiger partial charge >= 0.3 is 0 Å². The number of hydrogen-bond acceptors (Lipinski definition) is 1. The Kier molecular flexibility index (Phi) is 1.74. The molecule has 1 saturated carbocycles. The molecule has 1 aliphatic carbocycles. The highest BCUT2D eigenvalue weighted by Gasteiger charge is 2.45. The van der Waals surface area contributed by atoms with Gasteiger partial charge in [-0.1, -0.05) is 30.3 Å². The summed E-state index contributed by atoms with van der Waals surface area (Å²) >= 11 is 1.80. The lowest BCUT2D eigenvalue weighted by Gasteiger charge is -2.13. The summed E-state index contributed by atoms with van der Waals surface area (Å²) in [6.45, 7) is 0. The Labute approximate surface area is 88.2 Å². The Morgan fingerprint density at radius 2 is 1.71 bits per heavy atom. The Morgan fingerprint density at radius 3 is 2.29 bits per heavy atom. The van der Waals surface area contributed by atoms with Crippen molar-refractivity contribution in [2.75, 3.05) is 0 Å². The van der Waals surface area contributed by atoms with E-state index in [0.29, 0.717) is 5.41 Å². The second-order valence-corrected chi connectivity index (χ2v) is 4.74. The number of rotatable bonds is 2. The predicted octanol–water partition coefficient (Wildman–Crippen LogP) is 3.83. The van der Waals surface area contributed by atoms with E-state index in [0.717, 1.165) is 0 Å². The molecule has 0 atom stereocenters. The summed E-state index contributed by atoms with van der Waals surface area (Å²) in [6.07, 6.45) is 2.63. The molecule has 0 bridgehead atoms. The molecule has 0 aliphatic heterocycles. The van der Waals surface area contributed by atoms with Crippen molar-refractivity contribution in [1.29, 1.82) is 0 Å². The highest BCUT2D eigenvalue weighted by Crippen LogP contribution is 2.53. The zero-order valence-corrected chi connectivity index (χ0v) is 8.76. The molecular weight excluding hydrogens is 188 g/mol. The van der Waals surface area contributed by atoms with Gasteiger partial charge < -0.3 is 0 Å². The van der Waals surface area contributed by atoms with E-state index < -0.39 is 0 Å². The second-order valence-electron chi connectivity index (χ2n) is 3.96. The van der Waals surface area contributed by atoms with Gasteiger partial charge in [0, 0.05) is 5.41 Å². The lowest BCUT2D eigenvalue weighted by molar-refractivity contribution is 0.853. The van der Waals surface area contributed by atoms with Crippen LogP contribution in [0.2, 0.25) is 0 Å². The fourth-order valence-electron chi connectivity index (χ4n) is 2.16. The van der Waals surface area contributed by atoms with Crippen molar-refractivity contribution in [3.05, 3.63) is 58.3 Å². The van der Waals surface area contributed by atoms with Crippen LogP contribution in [0.5, 0.6) is 0 Å². The third-order valence-corrected chi connectivity index (χ3v) is 3.83. The molecule has 0 saturated heterocycles. The minimum Gasteiger partial charge on any atom is -0.152 e. The predicted molar refractivity (Wildman–Crippen MR) is 60.8 cm³/mol. The fourth-order valence-corrected chi connectivity index (χ4v) is 2.92. The van der Waals surface area contributed by atoms with Crippen molar-refractivity contribution in [1.82, 2.24) is 0 Å². The molecule has 14 heavy (non-hydrogen) atoms. The lowest BCUT2D eigenvalue weighted by Crippen LogP contribution is -2.06. The largest absolute Gasteiger partial charge is 0.152 e. The Hall–Kier alpha value is -1.08. The van der Waals surface area contributed by atoms with Gasteiger partial charge in [0.2, 0.25) is 0 Å². The molecule has 0 amide bonds. The first-order chi connectivity index (χ1) is 6.92. The van der Waals surface area contributed by atoms with Crippen molar-refractivity contribution < 1.29 is 0 Å². The molecule has 3 rings (SSSR count).